The monoisotopic (exact) mass is 558 g/mol. The van der Waals surface area contributed by atoms with Gasteiger partial charge in [-0.25, -0.2) is 13.4 Å². The molecule has 2 aliphatic rings. The zero-order valence-electron chi connectivity index (χ0n) is 21.2. The third-order valence-corrected chi connectivity index (χ3v) is 10.1. The van der Waals surface area contributed by atoms with Gasteiger partial charge < -0.3 is 10.6 Å². The molecule has 3 heterocycles. The topological polar surface area (TPSA) is 108 Å². The molecule has 6 rings (SSSR count). The van der Waals surface area contributed by atoms with E-state index in [-0.39, 0.29) is 39.1 Å². The molecule has 1 saturated heterocycles. The van der Waals surface area contributed by atoms with Gasteiger partial charge in [-0.15, -0.1) is 11.3 Å². The van der Waals surface area contributed by atoms with Crippen molar-refractivity contribution in [1.29, 1.82) is 0 Å². The lowest BCUT2D eigenvalue weighted by atomic mass is 10.1. The second-order valence-corrected chi connectivity index (χ2v) is 12.7. The fraction of sp³-hybridized carbons (Fsp3) is 0.207. The Bertz CT molecular complexity index is 1710. The summed E-state index contributed by atoms with van der Waals surface area (Å²) in [5, 5.41) is 6.48. The quantitative estimate of drug-likeness (QED) is 0.357. The Labute approximate surface area is 230 Å². The van der Waals surface area contributed by atoms with E-state index in [4.69, 9.17) is 0 Å². The van der Waals surface area contributed by atoms with Crippen LogP contribution in [-0.4, -0.2) is 43.2 Å². The lowest BCUT2D eigenvalue weighted by molar-refractivity contribution is 0.0949. The van der Waals surface area contributed by atoms with E-state index in [1.807, 2.05) is 0 Å². The van der Waals surface area contributed by atoms with Gasteiger partial charge in [0.2, 0.25) is 9.84 Å². The normalized spacial score (nSPS) is 15.9. The molecule has 2 amide bonds. The van der Waals surface area contributed by atoms with Crippen molar-refractivity contribution in [1.82, 2.24) is 15.2 Å². The number of hydrogen-bond acceptors (Lipinski definition) is 7. The predicted molar refractivity (Wildman–Crippen MR) is 150 cm³/mol. The third kappa shape index (κ3) is 4.75. The Morgan fingerprint density at radius 2 is 1.82 bits per heavy atom. The Morgan fingerprint density at radius 1 is 1.05 bits per heavy atom. The van der Waals surface area contributed by atoms with Gasteiger partial charge in [0.05, 0.1) is 27.6 Å². The first-order chi connectivity index (χ1) is 18.8. The lowest BCUT2D eigenvalue weighted by Crippen LogP contribution is -2.36. The van der Waals surface area contributed by atoms with Gasteiger partial charge in [0.1, 0.15) is 5.01 Å². The second kappa shape index (κ2) is 10.0. The van der Waals surface area contributed by atoms with Crippen LogP contribution in [0.5, 0.6) is 0 Å². The Kier molecular flexibility index (Phi) is 6.54. The Morgan fingerprint density at radius 3 is 2.56 bits per heavy atom. The average molecular weight is 559 g/mol. The maximum absolute atomic E-state index is 13.3. The maximum Gasteiger partial charge on any atom is 0.257 e. The van der Waals surface area contributed by atoms with Crippen LogP contribution < -0.4 is 10.6 Å². The highest BCUT2D eigenvalue weighted by Crippen LogP contribution is 2.36. The SMILES string of the molecule is Cc1c(C(=O)NCc2cnc(-c3ccc(CN4CCC4)cc3)s2)ccc2c1NC(=O)c1ccccc1S2(=O)=O. The Balaban J connectivity index is 1.17. The number of carbonyl (C=O) groups excluding carboxylic acids is 2. The number of hydrogen-bond donors (Lipinski definition) is 2. The lowest BCUT2D eigenvalue weighted by Gasteiger charge is -2.30. The summed E-state index contributed by atoms with van der Waals surface area (Å²) in [5.74, 6) is -0.895. The van der Waals surface area contributed by atoms with Crippen LogP contribution in [-0.2, 0) is 22.9 Å². The zero-order chi connectivity index (χ0) is 27.1. The van der Waals surface area contributed by atoms with E-state index in [1.54, 1.807) is 25.3 Å². The highest BCUT2D eigenvalue weighted by atomic mass is 32.2. The molecular formula is C29H26N4O4S2. The highest BCUT2D eigenvalue weighted by molar-refractivity contribution is 7.91. The summed E-state index contributed by atoms with van der Waals surface area (Å²) in [6.07, 6.45) is 3.03. The van der Waals surface area contributed by atoms with Gasteiger partial charge in [-0.2, -0.15) is 0 Å². The molecule has 1 fully saturated rings. The number of sulfone groups is 1. The molecule has 1 aromatic heterocycles. The van der Waals surface area contributed by atoms with Crippen molar-refractivity contribution in [2.45, 2.75) is 36.2 Å². The van der Waals surface area contributed by atoms with Gasteiger partial charge in [0.15, 0.2) is 0 Å². The third-order valence-electron chi connectivity index (χ3n) is 7.15. The molecule has 0 radical (unpaired) electrons. The van der Waals surface area contributed by atoms with Crippen LogP contribution in [0.15, 0.2) is 76.7 Å². The molecular weight excluding hydrogens is 532 g/mol. The minimum absolute atomic E-state index is 0.0298. The number of rotatable bonds is 6. The molecule has 8 nitrogen and oxygen atoms in total. The molecule has 4 aromatic rings. The molecule has 0 saturated carbocycles. The number of likely N-dealkylation sites (tertiary alicyclic amines) is 1. The molecule has 0 atom stereocenters. The number of nitrogens with one attached hydrogen (secondary N) is 2. The van der Waals surface area contributed by atoms with Crippen molar-refractivity contribution in [3.63, 3.8) is 0 Å². The number of nitrogens with zero attached hydrogens (tertiary/aromatic N) is 2. The largest absolute Gasteiger partial charge is 0.347 e. The van der Waals surface area contributed by atoms with E-state index in [0.29, 0.717) is 5.56 Å². The number of carbonyl (C=O) groups is 2. The van der Waals surface area contributed by atoms with E-state index >= 15 is 0 Å². The van der Waals surface area contributed by atoms with E-state index in [2.05, 4.69) is 44.8 Å². The van der Waals surface area contributed by atoms with Gasteiger partial charge in [-0.3, -0.25) is 14.5 Å². The summed E-state index contributed by atoms with van der Waals surface area (Å²) in [6.45, 7) is 5.21. The minimum atomic E-state index is -3.95. The number of amides is 2. The fourth-order valence-corrected chi connectivity index (χ4v) is 7.36. The molecule has 10 heteroatoms. The second-order valence-electron chi connectivity index (χ2n) is 9.71. The Hall–Kier alpha value is -3.86. The number of benzene rings is 3. The van der Waals surface area contributed by atoms with Crippen molar-refractivity contribution < 1.29 is 18.0 Å². The molecule has 39 heavy (non-hydrogen) atoms. The molecule has 3 aromatic carbocycles. The highest BCUT2D eigenvalue weighted by Gasteiger charge is 2.33. The number of anilines is 1. The van der Waals surface area contributed by atoms with E-state index in [1.165, 1.54) is 47.6 Å². The van der Waals surface area contributed by atoms with Crippen molar-refractivity contribution >= 4 is 38.7 Å². The van der Waals surface area contributed by atoms with Gasteiger partial charge >= 0.3 is 0 Å². The van der Waals surface area contributed by atoms with Crippen LogP contribution >= 0.6 is 11.3 Å². The van der Waals surface area contributed by atoms with Crippen LogP contribution in [0.25, 0.3) is 10.6 Å². The van der Waals surface area contributed by atoms with Crippen LogP contribution in [0.2, 0.25) is 0 Å². The maximum atomic E-state index is 13.3. The summed E-state index contributed by atoms with van der Waals surface area (Å²) in [4.78, 5) is 33.7. The van der Waals surface area contributed by atoms with Gasteiger partial charge in [0.25, 0.3) is 11.8 Å². The van der Waals surface area contributed by atoms with Crippen LogP contribution in [0.4, 0.5) is 5.69 Å². The summed E-state index contributed by atoms with van der Waals surface area (Å²) in [7, 11) is -3.95. The number of thiazole rings is 1. The molecule has 0 bridgehead atoms. The van der Waals surface area contributed by atoms with E-state index in [9.17, 15) is 18.0 Å². The molecule has 198 valence electrons. The average Bonchev–Trinajstić information content (AvgIpc) is 3.36. The summed E-state index contributed by atoms with van der Waals surface area (Å²) in [5.41, 5.74) is 3.19. The van der Waals surface area contributed by atoms with Gasteiger partial charge in [-0.1, -0.05) is 36.4 Å². The van der Waals surface area contributed by atoms with E-state index in [0.717, 1.165) is 35.1 Å². The fourth-order valence-electron chi connectivity index (χ4n) is 4.84. The van der Waals surface area contributed by atoms with Crippen molar-refractivity contribution in [2.75, 3.05) is 18.4 Å². The molecule has 2 N–H and O–H groups in total. The summed E-state index contributed by atoms with van der Waals surface area (Å²) < 4.78 is 26.6. The van der Waals surface area contributed by atoms with Crippen molar-refractivity contribution in [2.24, 2.45) is 0 Å². The van der Waals surface area contributed by atoms with Crippen LogP contribution in [0.3, 0.4) is 0 Å². The standard InChI is InChI=1S/C29H26N4O4S2/c1-18-22(11-12-25-26(18)32-28(35)23-5-2-3-6-24(23)39(25,36)37)27(34)30-15-21-16-31-29(38-21)20-9-7-19(8-10-20)17-33-13-4-14-33/h2-3,5-12,16H,4,13-15,17H2,1H3,(H,30,34)(H,32,35). The minimum Gasteiger partial charge on any atom is -0.347 e. The number of aromatic nitrogens is 1. The van der Waals surface area contributed by atoms with Crippen LogP contribution in [0.1, 0.15) is 43.1 Å². The first kappa shape index (κ1) is 25.4. The zero-order valence-corrected chi connectivity index (χ0v) is 22.9. The first-order valence-electron chi connectivity index (χ1n) is 12.6. The summed E-state index contributed by atoms with van der Waals surface area (Å²) in [6, 6.07) is 17.4. The van der Waals surface area contributed by atoms with Crippen LogP contribution in [0, 0.1) is 6.92 Å². The van der Waals surface area contributed by atoms with Crippen molar-refractivity contribution in [3.05, 3.63) is 94.0 Å². The smallest absolute Gasteiger partial charge is 0.257 e. The molecule has 2 aliphatic heterocycles. The molecule has 0 aliphatic carbocycles. The molecule has 0 unspecified atom stereocenters. The summed E-state index contributed by atoms with van der Waals surface area (Å²) >= 11 is 1.51. The van der Waals surface area contributed by atoms with Gasteiger partial charge in [0, 0.05) is 28.7 Å². The van der Waals surface area contributed by atoms with Gasteiger partial charge in [-0.05, 0) is 61.8 Å². The number of fused-ring (bicyclic) bond motifs is 2. The first-order valence-corrected chi connectivity index (χ1v) is 14.9. The predicted octanol–water partition coefficient (Wildman–Crippen LogP) is 4.65. The molecule has 0 spiro atoms. The van der Waals surface area contributed by atoms with E-state index < -0.39 is 15.7 Å². The van der Waals surface area contributed by atoms with Crippen molar-refractivity contribution in [3.8, 4) is 10.6 Å².